The van der Waals surface area contributed by atoms with Crippen molar-refractivity contribution in [1.82, 2.24) is 5.32 Å². The largest absolute Gasteiger partial charge is 0.394 e. The minimum absolute atomic E-state index is 0.0597. The van der Waals surface area contributed by atoms with E-state index in [-0.39, 0.29) is 12.5 Å². The summed E-state index contributed by atoms with van der Waals surface area (Å²) in [5, 5.41) is 32.2. The molecule has 0 spiro atoms. The first-order chi connectivity index (χ1) is 16.4. The summed E-state index contributed by atoms with van der Waals surface area (Å²) in [4.78, 5) is 16.6. The van der Waals surface area contributed by atoms with Crippen molar-refractivity contribution in [2.45, 2.75) is 122 Å². The lowest BCUT2D eigenvalue weighted by Crippen LogP contribution is -2.64. The highest BCUT2D eigenvalue weighted by atomic mass is 16.7. The Labute approximate surface area is 205 Å². The summed E-state index contributed by atoms with van der Waals surface area (Å²) in [6.07, 6.45) is 14.5. The first kappa shape index (κ1) is 30.7. The van der Waals surface area contributed by atoms with Gasteiger partial charge in [-0.2, -0.15) is 0 Å². The van der Waals surface area contributed by atoms with E-state index in [4.69, 9.17) is 9.47 Å². The molecule has 1 saturated heterocycles. The lowest BCUT2D eigenvalue weighted by atomic mass is 9.97. The number of ether oxygens (including phenoxy) is 2. The van der Waals surface area contributed by atoms with Gasteiger partial charge in [0.15, 0.2) is 6.29 Å². The van der Waals surface area contributed by atoms with Crippen LogP contribution in [-0.4, -0.2) is 77.8 Å². The maximum atomic E-state index is 12.3. The van der Waals surface area contributed by atoms with Gasteiger partial charge in [-0.25, -0.2) is 0 Å². The van der Waals surface area contributed by atoms with Crippen molar-refractivity contribution in [3.8, 4) is 0 Å². The van der Waals surface area contributed by atoms with Gasteiger partial charge in [0, 0.05) is 12.8 Å². The first-order valence-electron chi connectivity index (χ1n) is 13.0. The third kappa shape index (κ3) is 12.4. The van der Waals surface area contributed by atoms with Crippen LogP contribution in [0.5, 0.6) is 0 Å². The van der Waals surface area contributed by atoms with Crippen LogP contribution in [0.4, 0.5) is 0 Å². The van der Waals surface area contributed by atoms with E-state index < -0.39 is 37.3 Å². The number of amides is 1. The number of carbonyl (C=O) groups is 1. The second kappa shape index (κ2) is 18.9. The normalized spacial score (nSPS) is 25.7. The van der Waals surface area contributed by atoms with E-state index in [2.05, 4.69) is 29.4 Å². The number of methoxy groups -OCH3 is 1. The molecular weight excluding hydrogens is 436 g/mol. The second-order valence-corrected chi connectivity index (χ2v) is 9.21. The number of rotatable bonds is 18. The smallest absolute Gasteiger partial charge is 0.242 e. The number of carbonyl (C=O) groups excluding carboxylic acids is 1. The molecule has 1 heterocycles. The molecule has 1 fully saturated rings. The Hall–Kier alpha value is -1.32. The van der Waals surface area contributed by atoms with E-state index in [9.17, 15) is 20.1 Å². The summed E-state index contributed by atoms with van der Waals surface area (Å²) >= 11 is 0. The van der Waals surface area contributed by atoms with E-state index >= 15 is 0 Å². The van der Waals surface area contributed by atoms with Crippen molar-refractivity contribution < 1.29 is 29.6 Å². The lowest BCUT2D eigenvalue weighted by Gasteiger charge is -2.41. The predicted molar refractivity (Wildman–Crippen MR) is 135 cm³/mol. The molecule has 0 bridgehead atoms. The van der Waals surface area contributed by atoms with Crippen molar-refractivity contribution in [2.24, 2.45) is 4.99 Å². The summed E-state index contributed by atoms with van der Waals surface area (Å²) in [7, 11) is 1.37. The van der Waals surface area contributed by atoms with Gasteiger partial charge in [-0.1, -0.05) is 57.6 Å². The topological polar surface area (TPSA) is 121 Å². The minimum Gasteiger partial charge on any atom is -0.394 e. The summed E-state index contributed by atoms with van der Waals surface area (Å²) in [5.41, 5.74) is 0.922. The Balaban J connectivity index is 2.16. The average molecular weight is 485 g/mol. The van der Waals surface area contributed by atoms with Crippen LogP contribution in [0.15, 0.2) is 17.1 Å². The van der Waals surface area contributed by atoms with Crippen molar-refractivity contribution in [2.75, 3.05) is 20.3 Å². The van der Waals surface area contributed by atoms with Crippen LogP contribution in [0.25, 0.3) is 0 Å². The number of aliphatic hydroxyl groups is 3. The number of hydrogen-bond acceptors (Lipinski definition) is 7. The average Bonchev–Trinajstić information content (AvgIpc) is 2.83. The van der Waals surface area contributed by atoms with Crippen molar-refractivity contribution in [1.29, 1.82) is 0 Å². The Kier molecular flexibility index (Phi) is 17.1. The minimum atomic E-state index is -1.32. The Bertz CT molecular complexity index is 596. The van der Waals surface area contributed by atoms with Crippen LogP contribution < -0.4 is 5.32 Å². The zero-order valence-electron chi connectivity index (χ0n) is 21.5. The molecule has 1 rings (SSSR count). The number of nitrogens with one attached hydrogen (secondary N) is 1. The molecule has 0 aromatic carbocycles. The molecule has 1 aliphatic rings. The van der Waals surface area contributed by atoms with Crippen molar-refractivity contribution >= 4 is 11.6 Å². The highest BCUT2D eigenvalue weighted by Gasteiger charge is 2.45. The standard InChI is InChI=1S/C26H48N2O6/c1-4-5-6-7-8-9-10-11-12-13-14-15-16-17-20(2)27-18-22(30)28-23-25(32)24(31)21(19-29)34-26(23)33-3/h9-10,21,23-26,29,31-32H,4-8,11-19H2,1-3H3,(H,28,30). The quantitative estimate of drug-likeness (QED) is 0.135. The summed E-state index contributed by atoms with van der Waals surface area (Å²) in [6, 6.07) is -0.943. The van der Waals surface area contributed by atoms with Gasteiger partial charge in [0.2, 0.25) is 5.91 Å². The molecule has 198 valence electrons. The van der Waals surface area contributed by atoms with E-state index in [0.29, 0.717) is 0 Å². The van der Waals surface area contributed by atoms with Crippen LogP contribution in [0, 0.1) is 0 Å². The zero-order valence-corrected chi connectivity index (χ0v) is 21.5. The summed E-state index contributed by atoms with van der Waals surface area (Å²) in [6.45, 7) is 3.64. The van der Waals surface area contributed by atoms with Gasteiger partial charge >= 0.3 is 0 Å². The predicted octanol–water partition coefficient (Wildman–Crippen LogP) is 3.27. The highest BCUT2D eigenvalue weighted by Crippen LogP contribution is 2.21. The molecule has 8 heteroatoms. The molecule has 5 unspecified atom stereocenters. The molecule has 8 nitrogen and oxygen atoms in total. The van der Waals surface area contributed by atoms with Gasteiger partial charge in [0.1, 0.15) is 30.9 Å². The SMILES string of the molecule is CCCCCCC=CCCCCCCCC(C)=NCC(=O)NC1C(OC)OC(CO)C(O)C1O. The molecule has 4 N–H and O–H groups in total. The third-order valence-electron chi connectivity index (χ3n) is 6.23. The maximum absolute atomic E-state index is 12.3. The summed E-state index contributed by atoms with van der Waals surface area (Å²) in [5.74, 6) is -0.387. The Morgan fingerprint density at radius 2 is 1.62 bits per heavy atom. The van der Waals surface area contributed by atoms with Crippen molar-refractivity contribution in [3.63, 3.8) is 0 Å². The van der Waals surface area contributed by atoms with Gasteiger partial charge in [-0.3, -0.25) is 9.79 Å². The third-order valence-corrected chi connectivity index (χ3v) is 6.23. The number of aliphatic imine (C=N–C) groups is 1. The van der Waals surface area contributed by atoms with Gasteiger partial charge in [-0.05, 0) is 45.4 Å². The highest BCUT2D eigenvalue weighted by molar-refractivity contribution is 5.86. The van der Waals surface area contributed by atoms with E-state index in [0.717, 1.165) is 25.0 Å². The molecule has 34 heavy (non-hydrogen) atoms. The molecule has 0 aliphatic carbocycles. The molecule has 0 aromatic heterocycles. The molecule has 1 aliphatic heterocycles. The van der Waals surface area contributed by atoms with Gasteiger partial charge in [0.25, 0.3) is 0 Å². The monoisotopic (exact) mass is 484 g/mol. The van der Waals surface area contributed by atoms with Crippen LogP contribution >= 0.6 is 0 Å². The van der Waals surface area contributed by atoms with E-state index in [1.165, 1.54) is 64.9 Å². The number of hydrogen-bond donors (Lipinski definition) is 4. The molecule has 5 atom stereocenters. The Morgan fingerprint density at radius 3 is 2.24 bits per heavy atom. The Morgan fingerprint density at radius 1 is 1.00 bits per heavy atom. The zero-order chi connectivity index (χ0) is 25.2. The number of allylic oxidation sites excluding steroid dienone is 2. The van der Waals surface area contributed by atoms with Crippen molar-refractivity contribution in [3.05, 3.63) is 12.2 Å². The summed E-state index contributed by atoms with van der Waals surface area (Å²) < 4.78 is 10.6. The van der Waals surface area contributed by atoms with Gasteiger partial charge in [-0.15, -0.1) is 0 Å². The van der Waals surface area contributed by atoms with E-state index in [1.807, 2.05) is 6.92 Å². The van der Waals surface area contributed by atoms with E-state index in [1.54, 1.807) is 0 Å². The molecule has 0 aromatic rings. The van der Waals surface area contributed by atoms with Crippen LogP contribution in [0.3, 0.4) is 0 Å². The first-order valence-corrected chi connectivity index (χ1v) is 13.0. The fourth-order valence-electron chi connectivity index (χ4n) is 4.05. The fourth-order valence-corrected chi connectivity index (χ4v) is 4.05. The molecule has 0 radical (unpaired) electrons. The fraction of sp³-hybridized carbons (Fsp3) is 0.846. The molecule has 1 amide bonds. The van der Waals surface area contributed by atoms with Crippen LogP contribution in [-0.2, 0) is 14.3 Å². The maximum Gasteiger partial charge on any atom is 0.242 e. The molecular formula is C26H48N2O6. The van der Waals surface area contributed by atoms with Gasteiger partial charge in [0.05, 0.1) is 6.61 Å². The lowest BCUT2D eigenvalue weighted by molar-refractivity contribution is -0.262. The number of nitrogens with zero attached hydrogens (tertiary/aromatic N) is 1. The number of aliphatic hydroxyl groups excluding tert-OH is 3. The number of unbranched alkanes of at least 4 members (excludes halogenated alkanes) is 9. The van der Waals surface area contributed by atoms with Crippen LogP contribution in [0.1, 0.15) is 90.9 Å². The van der Waals surface area contributed by atoms with Crippen LogP contribution in [0.2, 0.25) is 0 Å². The van der Waals surface area contributed by atoms with Gasteiger partial charge < -0.3 is 30.1 Å². The molecule has 0 saturated carbocycles. The second-order valence-electron chi connectivity index (χ2n) is 9.21.